The summed E-state index contributed by atoms with van der Waals surface area (Å²) in [7, 11) is -0.695. The number of carboxylic acids is 1. The van der Waals surface area contributed by atoms with Gasteiger partial charge in [0.2, 0.25) is 23.6 Å². The van der Waals surface area contributed by atoms with Crippen LogP contribution in [0.1, 0.15) is 105 Å². The lowest BCUT2D eigenvalue weighted by molar-refractivity contribution is -0.150. The van der Waals surface area contributed by atoms with Gasteiger partial charge in [0, 0.05) is 136 Å². The van der Waals surface area contributed by atoms with E-state index in [1.807, 2.05) is 12.1 Å². The summed E-state index contributed by atoms with van der Waals surface area (Å²) in [5, 5.41) is 17.2. The van der Waals surface area contributed by atoms with Crippen molar-refractivity contribution in [3.8, 4) is 11.1 Å². The second-order valence-corrected chi connectivity index (χ2v) is 24.1. The number of carbonyl (C=O) groups excluding carboxylic acids is 8. The quantitative estimate of drug-likeness (QED) is 0.0475. The Labute approximate surface area is 452 Å². The lowest BCUT2D eigenvalue weighted by Crippen LogP contribution is -2.53. The molecule has 1 saturated carbocycles. The fourth-order valence-electron chi connectivity index (χ4n) is 10.7. The van der Waals surface area contributed by atoms with Crippen molar-refractivity contribution in [3.05, 3.63) is 86.0 Å². The number of pyridine rings is 1. The van der Waals surface area contributed by atoms with Crippen LogP contribution < -0.4 is 32.1 Å². The van der Waals surface area contributed by atoms with Gasteiger partial charge in [0.05, 0.1) is 11.0 Å². The number of nitrogens with zero attached hydrogens (tertiary/aromatic N) is 5. The Kier molecular flexibility index (Phi) is 16.0. The van der Waals surface area contributed by atoms with Crippen LogP contribution in [0.15, 0.2) is 41.3 Å². The molecule has 1 aliphatic carbocycles. The molecule has 25 heteroatoms. The van der Waals surface area contributed by atoms with Crippen LogP contribution in [0.3, 0.4) is 0 Å². The Balaban J connectivity index is 0.874. The number of carbonyl (C=O) groups is 9. The molecule has 0 spiro atoms. The summed E-state index contributed by atoms with van der Waals surface area (Å²) in [6.07, 6.45) is 6.50. The van der Waals surface area contributed by atoms with Crippen LogP contribution in [-0.2, 0) is 70.9 Å². The Morgan fingerprint density at radius 1 is 0.859 bits per heavy atom. The van der Waals surface area contributed by atoms with Gasteiger partial charge in [-0.15, -0.1) is 11.8 Å². The second-order valence-electron chi connectivity index (χ2n) is 20.8. The Bertz CT molecular complexity index is 3370. The molecule has 8 amide bonds. The lowest BCUT2D eigenvalue weighted by Gasteiger charge is -2.33. The molecule has 23 nitrogen and oxygen atoms in total. The standard InChI is InChI=1S/C53H62N10O13S2/c1-59-23-35-33-19-30(27-78(3,75)76)32(47(67)56-15-5-4-7-29-8-6-9-31-34(29)25-63(49(31)69)38-12-13-42(65)60(2)50(38)70)20-39(33)61(22-28-10-11-28)24-36-44(35)46(52(59)72)58-45(36)48(68)57-17-16-55-41(64)14-18-62-43(66)21-40(51(62)71)77-26-37(54)53(73)74/h6,8-9,19-20,23,28,37-38,40,58H,4-5,7,10-18,21-22,24-27,54H2,1-3H3,(H,55,64)(H,56,67)(H,57,68)(H,73,74)/t37-,38?,40?/m0/s1. The molecule has 3 atom stereocenters. The number of unbranched alkanes of at least 4 members (excludes halogenated alkanes) is 1. The third-order valence-corrected chi connectivity index (χ3v) is 17.2. The summed E-state index contributed by atoms with van der Waals surface area (Å²) in [6, 6.07) is 6.97. The van der Waals surface area contributed by atoms with Crippen molar-refractivity contribution in [2.45, 2.75) is 94.0 Å². The molecule has 7 N–H and O–H groups in total. The van der Waals surface area contributed by atoms with Crippen LogP contribution in [0.25, 0.3) is 22.0 Å². The van der Waals surface area contributed by atoms with E-state index in [1.54, 1.807) is 36.3 Å². The number of aryl methyl sites for hydroxylation is 2. The number of aromatic nitrogens is 2. The van der Waals surface area contributed by atoms with E-state index in [0.717, 1.165) is 51.8 Å². The van der Waals surface area contributed by atoms with Gasteiger partial charge in [-0.1, -0.05) is 12.1 Å². The van der Waals surface area contributed by atoms with Crippen molar-refractivity contribution in [1.29, 1.82) is 0 Å². The van der Waals surface area contributed by atoms with Gasteiger partial charge in [-0.05, 0) is 79.3 Å². The van der Waals surface area contributed by atoms with E-state index < -0.39 is 79.9 Å². The number of thioether (sulfide) groups is 1. The fraction of sp³-hybridized carbons (Fsp3) is 0.472. The number of aromatic amines is 1. The number of likely N-dealkylation sites (N-methyl/N-ethyl adjacent to an activating group) is 1. The fourth-order valence-corrected chi connectivity index (χ4v) is 12.6. The number of amides is 8. The van der Waals surface area contributed by atoms with Crippen LogP contribution in [0.5, 0.6) is 0 Å². The minimum atomic E-state index is -3.70. The average molecular weight is 1110 g/mol. The average Bonchev–Trinajstić information content (AvgIpc) is 4.11. The molecule has 78 heavy (non-hydrogen) atoms. The van der Waals surface area contributed by atoms with Crippen LogP contribution in [-0.4, -0.2) is 160 Å². The highest BCUT2D eigenvalue weighted by Crippen LogP contribution is 2.45. The second kappa shape index (κ2) is 22.5. The number of piperidine rings is 1. The monoisotopic (exact) mass is 1110 g/mol. The molecule has 3 fully saturated rings. The van der Waals surface area contributed by atoms with E-state index in [-0.39, 0.29) is 105 Å². The van der Waals surface area contributed by atoms with E-state index >= 15 is 0 Å². The van der Waals surface area contributed by atoms with Crippen molar-refractivity contribution in [2.24, 2.45) is 18.7 Å². The van der Waals surface area contributed by atoms with Crippen molar-refractivity contribution >= 4 is 91.4 Å². The highest BCUT2D eigenvalue weighted by atomic mass is 32.2. The molecular formula is C53H62N10O13S2. The first-order chi connectivity index (χ1) is 37.1. The number of sulfone groups is 1. The zero-order valence-corrected chi connectivity index (χ0v) is 45.1. The number of hydrogen-bond donors (Lipinski definition) is 6. The first-order valence-corrected chi connectivity index (χ1v) is 29.0. The maximum atomic E-state index is 14.3. The smallest absolute Gasteiger partial charge is 0.321 e. The van der Waals surface area contributed by atoms with Crippen LogP contribution >= 0.6 is 11.8 Å². The first kappa shape index (κ1) is 55.4. The van der Waals surface area contributed by atoms with Gasteiger partial charge in [-0.3, -0.25) is 57.7 Å². The number of fused-ring (bicyclic) bond motifs is 3. The number of benzene rings is 2. The molecule has 2 aromatic heterocycles. The molecule has 6 heterocycles. The van der Waals surface area contributed by atoms with Crippen LogP contribution in [0.4, 0.5) is 5.69 Å². The largest absolute Gasteiger partial charge is 0.480 e. The molecule has 5 aliphatic rings. The van der Waals surface area contributed by atoms with E-state index in [4.69, 9.17) is 10.8 Å². The number of rotatable bonds is 22. The van der Waals surface area contributed by atoms with E-state index in [1.165, 1.54) is 11.6 Å². The summed E-state index contributed by atoms with van der Waals surface area (Å²) < 4.78 is 27.5. The van der Waals surface area contributed by atoms with Crippen molar-refractivity contribution in [3.63, 3.8) is 0 Å². The van der Waals surface area contributed by atoms with Crippen molar-refractivity contribution in [2.75, 3.05) is 56.7 Å². The third-order valence-electron chi connectivity index (χ3n) is 15.0. The Morgan fingerprint density at radius 2 is 1.60 bits per heavy atom. The van der Waals surface area contributed by atoms with E-state index in [0.29, 0.717) is 65.1 Å². The molecule has 414 valence electrons. The molecule has 4 aromatic rings. The molecule has 4 aliphatic heterocycles. The molecule has 2 aromatic carbocycles. The minimum absolute atomic E-state index is 0.0160. The van der Waals surface area contributed by atoms with Gasteiger partial charge in [-0.25, -0.2) is 8.42 Å². The highest BCUT2D eigenvalue weighted by molar-refractivity contribution is 8.00. The summed E-state index contributed by atoms with van der Waals surface area (Å²) in [6.45, 7) is 0.957. The lowest BCUT2D eigenvalue weighted by atomic mass is 9.95. The zero-order chi connectivity index (χ0) is 55.9. The number of nitrogens with one attached hydrogen (secondary N) is 4. The van der Waals surface area contributed by atoms with E-state index in [9.17, 15) is 56.4 Å². The molecule has 9 rings (SSSR count). The summed E-state index contributed by atoms with van der Waals surface area (Å²) >= 11 is 0.978. The van der Waals surface area contributed by atoms with Gasteiger partial charge in [0.15, 0.2) is 9.84 Å². The summed E-state index contributed by atoms with van der Waals surface area (Å²) in [5.41, 5.74) is 10.4. The number of hydrogen-bond acceptors (Lipinski definition) is 15. The number of anilines is 1. The van der Waals surface area contributed by atoms with Crippen LogP contribution in [0, 0.1) is 5.92 Å². The summed E-state index contributed by atoms with van der Waals surface area (Å²) in [4.78, 5) is 139. The first-order valence-electron chi connectivity index (χ1n) is 25.9. The van der Waals surface area contributed by atoms with Gasteiger partial charge in [-0.2, -0.15) is 0 Å². The van der Waals surface area contributed by atoms with Crippen molar-refractivity contribution in [1.82, 2.24) is 40.2 Å². The van der Waals surface area contributed by atoms with Gasteiger partial charge in [0.1, 0.15) is 23.3 Å². The number of nitrogens with two attached hydrogens (primary N) is 1. The predicted octanol–water partition coefficient (Wildman–Crippen LogP) is 1.17. The van der Waals surface area contributed by atoms with E-state index in [2.05, 4.69) is 25.8 Å². The minimum Gasteiger partial charge on any atom is -0.480 e. The molecule has 2 saturated heterocycles. The SMILES string of the molecule is CN1C(=O)CCC(N2Cc3c(CCCCNC(=O)c4cc5c(cc4CS(C)(=O)=O)-c4cn(C)c(=O)c6[nH]c(C(=O)NCCNC(=O)CCN7C(=O)CC(SC[C@H](N)C(=O)O)C7=O)c(c46)CN5CC4CC4)cccc3C2=O)C1=O. The van der Waals surface area contributed by atoms with Crippen molar-refractivity contribution < 1.29 is 56.7 Å². The zero-order valence-electron chi connectivity index (χ0n) is 43.5. The number of imide groups is 2. The topological polar surface area (TPSA) is 321 Å². The maximum absolute atomic E-state index is 14.3. The molecule has 0 bridgehead atoms. The number of H-pyrrole nitrogens is 1. The van der Waals surface area contributed by atoms with Gasteiger partial charge in [0.25, 0.3) is 29.2 Å². The highest BCUT2D eigenvalue weighted by Gasteiger charge is 2.43. The molecular weight excluding hydrogens is 1050 g/mol. The maximum Gasteiger partial charge on any atom is 0.321 e. The third kappa shape index (κ3) is 11.6. The summed E-state index contributed by atoms with van der Waals surface area (Å²) in [5.74, 6) is -4.90. The Hall–Kier alpha value is -7.38. The Morgan fingerprint density at radius 3 is 2.33 bits per heavy atom. The molecule has 0 radical (unpaired) electrons. The van der Waals surface area contributed by atoms with Gasteiger partial charge < -0.3 is 46.1 Å². The van der Waals surface area contributed by atoms with Crippen LogP contribution in [0.2, 0.25) is 0 Å². The normalized spacial score (nSPS) is 18.6. The number of carboxylic acid groups (broad SMARTS) is 1. The van der Waals surface area contributed by atoms with Gasteiger partial charge >= 0.3 is 5.97 Å². The predicted molar refractivity (Wildman–Crippen MR) is 287 cm³/mol. The number of likely N-dealkylation sites (tertiary alicyclic amines) is 2. The number of aliphatic carboxylic acids is 1. The molecule has 2 unspecified atom stereocenters.